The molecular weight excluding hydrogens is 218 g/mol. The minimum atomic E-state index is -0.134. The fraction of sp³-hybridized carbons (Fsp3) is 0.692. The van der Waals surface area contributed by atoms with Gasteiger partial charge in [0.05, 0.1) is 5.60 Å². The second kappa shape index (κ2) is 5.80. The lowest BCUT2D eigenvalue weighted by molar-refractivity contribution is -0.00776. The molecule has 16 heavy (non-hydrogen) atoms. The van der Waals surface area contributed by atoms with E-state index in [0.29, 0.717) is 6.04 Å². The number of hydrogen-bond donors (Lipinski definition) is 1. The van der Waals surface area contributed by atoms with Crippen LogP contribution in [0.5, 0.6) is 0 Å². The Morgan fingerprint density at radius 2 is 2.00 bits per heavy atom. The van der Waals surface area contributed by atoms with Crippen molar-refractivity contribution in [1.29, 1.82) is 0 Å². The van der Waals surface area contributed by atoms with Gasteiger partial charge in [-0.2, -0.15) is 0 Å². The molecule has 92 valence electrons. The Balaban J connectivity index is 2.70. The average Bonchev–Trinajstić information content (AvgIpc) is 2.73. The van der Waals surface area contributed by atoms with E-state index in [-0.39, 0.29) is 5.60 Å². The van der Waals surface area contributed by atoms with Crippen LogP contribution in [0.4, 0.5) is 0 Å². The van der Waals surface area contributed by atoms with E-state index in [0.717, 1.165) is 12.8 Å². The van der Waals surface area contributed by atoms with Crippen LogP contribution in [0.1, 0.15) is 30.5 Å². The number of aryl methyl sites for hydroxylation is 1. The second-order valence-electron chi connectivity index (χ2n) is 4.57. The molecule has 0 radical (unpaired) electrons. The predicted molar refractivity (Wildman–Crippen MR) is 71.3 cm³/mol. The molecule has 1 unspecified atom stereocenters. The zero-order chi connectivity index (χ0) is 12.2. The Hall–Kier alpha value is -0.380. The highest BCUT2D eigenvalue weighted by Gasteiger charge is 2.28. The highest BCUT2D eigenvalue weighted by molar-refractivity contribution is 7.11. The zero-order valence-electron chi connectivity index (χ0n) is 11.0. The zero-order valence-corrected chi connectivity index (χ0v) is 11.8. The molecule has 0 fully saturated rings. The summed E-state index contributed by atoms with van der Waals surface area (Å²) >= 11 is 1.91. The molecule has 0 aliphatic heterocycles. The highest BCUT2D eigenvalue weighted by atomic mass is 32.1. The molecule has 0 aromatic carbocycles. The molecular formula is C13H23NOS. The summed E-state index contributed by atoms with van der Waals surface area (Å²) in [6.45, 7) is 6.45. The quantitative estimate of drug-likeness (QED) is 0.827. The van der Waals surface area contributed by atoms with Gasteiger partial charge in [-0.15, -0.1) is 11.3 Å². The molecule has 0 bridgehead atoms. The third kappa shape index (κ3) is 3.30. The van der Waals surface area contributed by atoms with Crippen LogP contribution in [0.2, 0.25) is 0 Å². The maximum Gasteiger partial charge on any atom is 0.0778 e. The lowest BCUT2D eigenvalue weighted by atomic mass is 9.95. The van der Waals surface area contributed by atoms with Crippen LogP contribution < -0.4 is 5.32 Å². The molecule has 1 aromatic heterocycles. The summed E-state index contributed by atoms with van der Waals surface area (Å²) in [5.41, 5.74) is -0.134. The largest absolute Gasteiger partial charge is 0.377 e. The minimum Gasteiger partial charge on any atom is -0.377 e. The first-order valence-electron chi connectivity index (χ1n) is 5.83. The third-order valence-electron chi connectivity index (χ3n) is 3.18. The van der Waals surface area contributed by atoms with E-state index >= 15 is 0 Å². The van der Waals surface area contributed by atoms with Gasteiger partial charge < -0.3 is 10.1 Å². The number of thiophene rings is 1. The van der Waals surface area contributed by atoms with Crippen LogP contribution in [0, 0.1) is 0 Å². The van der Waals surface area contributed by atoms with E-state index in [1.54, 1.807) is 7.11 Å². The van der Waals surface area contributed by atoms with Crippen molar-refractivity contribution >= 4 is 11.3 Å². The molecule has 1 atom stereocenters. The monoisotopic (exact) mass is 241 g/mol. The van der Waals surface area contributed by atoms with Crippen molar-refractivity contribution in [3.8, 4) is 0 Å². The Kier molecular flexibility index (Phi) is 4.96. The first-order valence-corrected chi connectivity index (χ1v) is 6.65. The fourth-order valence-corrected chi connectivity index (χ4v) is 2.76. The number of ether oxygens (including phenoxy) is 1. The van der Waals surface area contributed by atoms with Gasteiger partial charge in [0, 0.05) is 22.9 Å². The van der Waals surface area contributed by atoms with Crippen molar-refractivity contribution in [2.45, 2.75) is 45.3 Å². The molecule has 0 saturated heterocycles. The third-order valence-corrected chi connectivity index (χ3v) is 4.44. The Morgan fingerprint density at radius 1 is 1.38 bits per heavy atom. The van der Waals surface area contributed by atoms with E-state index in [1.165, 1.54) is 9.75 Å². The molecule has 1 heterocycles. The van der Waals surface area contributed by atoms with Gasteiger partial charge in [0.25, 0.3) is 0 Å². The number of methoxy groups -OCH3 is 1. The second-order valence-corrected chi connectivity index (χ2v) is 5.83. The first kappa shape index (κ1) is 13.7. The maximum atomic E-state index is 5.54. The highest BCUT2D eigenvalue weighted by Crippen LogP contribution is 2.23. The summed E-state index contributed by atoms with van der Waals surface area (Å²) in [6.07, 6.45) is 2.16. The Morgan fingerprint density at radius 3 is 2.44 bits per heavy atom. The molecule has 0 amide bonds. The molecule has 1 aromatic rings. The Bertz CT molecular complexity index is 319. The molecule has 3 heteroatoms. The van der Waals surface area contributed by atoms with Crippen LogP contribution in [-0.4, -0.2) is 25.8 Å². The standard InChI is InChI=1S/C13H23NOS/c1-6-10-7-8-11(16-10)9-12(14-4)13(2,3)15-5/h7-8,12,14H,6,9H2,1-5H3. The molecule has 0 saturated carbocycles. The minimum absolute atomic E-state index is 0.134. The number of hydrogen-bond acceptors (Lipinski definition) is 3. The lowest BCUT2D eigenvalue weighted by Gasteiger charge is -2.32. The van der Waals surface area contributed by atoms with Crippen LogP contribution in [0.15, 0.2) is 12.1 Å². The predicted octanol–water partition coefficient (Wildman–Crippen LogP) is 2.87. The number of likely N-dealkylation sites (N-methyl/N-ethyl adjacent to an activating group) is 1. The molecule has 1 N–H and O–H groups in total. The van der Waals surface area contributed by atoms with Crippen molar-refractivity contribution in [1.82, 2.24) is 5.32 Å². The number of nitrogens with one attached hydrogen (secondary N) is 1. The fourth-order valence-electron chi connectivity index (χ4n) is 1.76. The van der Waals surface area contributed by atoms with Crippen molar-refractivity contribution in [3.05, 3.63) is 21.9 Å². The lowest BCUT2D eigenvalue weighted by Crippen LogP contribution is -2.47. The summed E-state index contributed by atoms with van der Waals surface area (Å²) < 4.78 is 5.54. The van der Waals surface area contributed by atoms with Crippen LogP contribution in [0.25, 0.3) is 0 Å². The topological polar surface area (TPSA) is 21.3 Å². The summed E-state index contributed by atoms with van der Waals surface area (Å²) in [5, 5.41) is 3.35. The SMILES string of the molecule is CCc1ccc(CC(NC)C(C)(C)OC)s1. The van der Waals surface area contributed by atoms with Crippen molar-refractivity contribution in [2.24, 2.45) is 0 Å². The molecule has 0 spiro atoms. The normalized spacial score (nSPS) is 14.1. The Labute approximate surface area is 103 Å². The van der Waals surface area contributed by atoms with E-state index < -0.39 is 0 Å². The van der Waals surface area contributed by atoms with Gasteiger partial charge in [-0.1, -0.05) is 6.92 Å². The van der Waals surface area contributed by atoms with Crippen LogP contribution in [0.3, 0.4) is 0 Å². The summed E-state index contributed by atoms with van der Waals surface area (Å²) in [4.78, 5) is 2.89. The van der Waals surface area contributed by atoms with Gasteiger partial charge in [0.1, 0.15) is 0 Å². The average molecular weight is 241 g/mol. The molecule has 2 nitrogen and oxygen atoms in total. The van der Waals surface area contributed by atoms with E-state index in [9.17, 15) is 0 Å². The van der Waals surface area contributed by atoms with Crippen molar-refractivity contribution in [2.75, 3.05) is 14.2 Å². The van der Waals surface area contributed by atoms with Gasteiger partial charge >= 0.3 is 0 Å². The maximum absolute atomic E-state index is 5.54. The van der Waals surface area contributed by atoms with E-state index in [2.05, 4.69) is 38.2 Å². The van der Waals surface area contributed by atoms with Crippen LogP contribution >= 0.6 is 11.3 Å². The van der Waals surface area contributed by atoms with E-state index in [1.807, 2.05) is 18.4 Å². The molecule has 1 rings (SSSR count). The molecule has 0 aliphatic carbocycles. The van der Waals surface area contributed by atoms with Gasteiger partial charge in [0.15, 0.2) is 0 Å². The summed E-state index contributed by atoms with van der Waals surface area (Å²) in [5.74, 6) is 0. The van der Waals surface area contributed by atoms with Gasteiger partial charge in [-0.3, -0.25) is 0 Å². The number of rotatable bonds is 6. The van der Waals surface area contributed by atoms with Gasteiger partial charge in [-0.05, 0) is 45.9 Å². The smallest absolute Gasteiger partial charge is 0.0778 e. The van der Waals surface area contributed by atoms with Gasteiger partial charge in [-0.25, -0.2) is 0 Å². The molecule has 0 aliphatic rings. The van der Waals surface area contributed by atoms with E-state index in [4.69, 9.17) is 4.74 Å². The summed E-state index contributed by atoms with van der Waals surface area (Å²) in [6, 6.07) is 4.81. The first-order chi connectivity index (χ1) is 7.53. The van der Waals surface area contributed by atoms with Crippen molar-refractivity contribution in [3.63, 3.8) is 0 Å². The van der Waals surface area contributed by atoms with Crippen LogP contribution in [-0.2, 0) is 17.6 Å². The van der Waals surface area contributed by atoms with Gasteiger partial charge in [0.2, 0.25) is 0 Å². The van der Waals surface area contributed by atoms with Crippen molar-refractivity contribution < 1.29 is 4.74 Å². The summed E-state index contributed by atoms with van der Waals surface area (Å²) in [7, 11) is 3.77.